The molecule has 0 saturated carbocycles. The van der Waals surface area contributed by atoms with Gasteiger partial charge in [-0.15, -0.1) is 0 Å². The fraction of sp³-hybridized carbons (Fsp3) is 1.00. The molecular weight excluding hydrogens is 244 g/mol. The van der Waals surface area contributed by atoms with Crippen molar-refractivity contribution in [1.29, 1.82) is 0 Å². The summed E-state index contributed by atoms with van der Waals surface area (Å²) >= 11 is 0. The van der Waals surface area contributed by atoms with Crippen molar-refractivity contribution in [2.45, 2.75) is 78.3 Å². The van der Waals surface area contributed by atoms with E-state index in [2.05, 4.69) is 37.5 Å². The second kappa shape index (κ2) is 7.79. The molecule has 0 spiro atoms. The molecule has 0 radical (unpaired) electrons. The number of hydrogen-bond acceptors (Lipinski definition) is 2. The van der Waals surface area contributed by atoms with Gasteiger partial charge in [-0.05, 0) is 91.4 Å². The van der Waals surface area contributed by atoms with Gasteiger partial charge in [0.15, 0.2) is 0 Å². The van der Waals surface area contributed by atoms with E-state index < -0.39 is 0 Å². The van der Waals surface area contributed by atoms with E-state index in [0.717, 1.165) is 23.9 Å². The molecule has 2 aliphatic rings. The fourth-order valence-corrected chi connectivity index (χ4v) is 3.99. The van der Waals surface area contributed by atoms with Crippen molar-refractivity contribution in [3.05, 3.63) is 0 Å². The molecule has 0 aromatic carbocycles. The maximum atomic E-state index is 2.65. The maximum Gasteiger partial charge on any atom is 0.00385 e. The number of likely N-dealkylation sites (tertiary alicyclic amines) is 2. The second-order valence-corrected chi connectivity index (χ2v) is 7.72. The fourth-order valence-electron chi connectivity index (χ4n) is 3.99. The molecule has 2 aliphatic heterocycles. The molecule has 0 atom stereocenters. The maximum absolute atomic E-state index is 2.65. The smallest absolute Gasteiger partial charge is 0.00385 e. The van der Waals surface area contributed by atoms with Crippen molar-refractivity contribution in [2.24, 2.45) is 11.8 Å². The Kier molecular flexibility index (Phi) is 6.35. The molecule has 2 heteroatoms. The van der Waals surface area contributed by atoms with Gasteiger partial charge < -0.3 is 9.80 Å². The molecule has 2 nitrogen and oxygen atoms in total. The van der Waals surface area contributed by atoms with Crippen molar-refractivity contribution in [1.82, 2.24) is 9.80 Å². The van der Waals surface area contributed by atoms with E-state index in [-0.39, 0.29) is 0 Å². The molecular formula is C18H36N2. The van der Waals surface area contributed by atoms with Gasteiger partial charge in [0.05, 0.1) is 0 Å². The van der Waals surface area contributed by atoms with Crippen molar-refractivity contribution >= 4 is 0 Å². The molecule has 118 valence electrons. The standard InChI is InChI=1S/C18H36N2/c1-15(2)19-11-7-17(8-12-19)5-6-18-9-13-20(14-10-18)16(3)4/h15-18H,5-14H2,1-4H3. The van der Waals surface area contributed by atoms with E-state index in [4.69, 9.17) is 0 Å². The molecule has 0 amide bonds. The summed E-state index contributed by atoms with van der Waals surface area (Å²) in [6.45, 7) is 14.7. The Hall–Kier alpha value is -0.0800. The van der Waals surface area contributed by atoms with Crippen LogP contribution in [0.2, 0.25) is 0 Å². The summed E-state index contributed by atoms with van der Waals surface area (Å²) in [5, 5.41) is 0. The quantitative estimate of drug-likeness (QED) is 0.751. The van der Waals surface area contributed by atoms with E-state index >= 15 is 0 Å². The highest BCUT2D eigenvalue weighted by Crippen LogP contribution is 2.29. The highest BCUT2D eigenvalue weighted by atomic mass is 15.2. The van der Waals surface area contributed by atoms with Crippen LogP contribution in [0.15, 0.2) is 0 Å². The first kappa shape index (κ1) is 16.3. The zero-order valence-electron chi connectivity index (χ0n) is 14.3. The molecule has 2 fully saturated rings. The summed E-state index contributed by atoms with van der Waals surface area (Å²) in [6, 6.07) is 1.49. The number of hydrogen-bond donors (Lipinski definition) is 0. The normalized spacial score (nSPS) is 24.9. The third kappa shape index (κ3) is 4.73. The topological polar surface area (TPSA) is 6.48 Å². The van der Waals surface area contributed by atoms with Crippen LogP contribution in [0.3, 0.4) is 0 Å². The molecule has 0 N–H and O–H groups in total. The average Bonchev–Trinajstić information content (AvgIpc) is 2.46. The molecule has 0 aliphatic carbocycles. The molecule has 2 heterocycles. The Morgan fingerprint density at radius 2 is 0.950 bits per heavy atom. The number of piperidine rings is 2. The van der Waals surface area contributed by atoms with Gasteiger partial charge in [-0.2, -0.15) is 0 Å². The second-order valence-electron chi connectivity index (χ2n) is 7.72. The van der Waals surface area contributed by atoms with Crippen LogP contribution >= 0.6 is 0 Å². The molecule has 2 saturated heterocycles. The molecule has 0 unspecified atom stereocenters. The van der Waals surface area contributed by atoms with Gasteiger partial charge in [-0.3, -0.25) is 0 Å². The lowest BCUT2D eigenvalue weighted by atomic mass is 9.85. The molecule has 0 aromatic rings. The van der Waals surface area contributed by atoms with Crippen LogP contribution in [0.4, 0.5) is 0 Å². The van der Waals surface area contributed by atoms with E-state index in [1.165, 1.54) is 64.7 Å². The molecule has 0 aromatic heterocycles. The van der Waals surface area contributed by atoms with E-state index in [9.17, 15) is 0 Å². The summed E-state index contributed by atoms with van der Waals surface area (Å²) in [5.74, 6) is 2.04. The minimum Gasteiger partial charge on any atom is -0.301 e. The van der Waals surface area contributed by atoms with Crippen LogP contribution in [0.25, 0.3) is 0 Å². The van der Waals surface area contributed by atoms with Gasteiger partial charge in [0, 0.05) is 12.1 Å². The Bertz CT molecular complexity index is 231. The third-order valence-electron chi connectivity index (χ3n) is 5.74. The van der Waals surface area contributed by atoms with Crippen LogP contribution in [-0.4, -0.2) is 48.1 Å². The zero-order chi connectivity index (χ0) is 14.5. The van der Waals surface area contributed by atoms with Crippen molar-refractivity contribution in [3.63, 3.8) is 0 Å². The van der Waals surface area contributed by atoms with E-state index in [1.807, 2.05) is 0 Å². The number of nitrogens with zero attached hydrogens (tertiary/aromatic N) is 2. The van der Waals surface area contributed by atoms with E-state index in [0.29, 0.717) is 0 Å². The van der Waals surface area contributed by atoms with Gasteiger partial charge in [0.25, 0.3) is 0 Å². The Morgan fingerprint density at radius 3 is 1.20 bits per heavy atom. The van der Waals surface area contributed by atoms with Crippen LogP contribution in [0.5, 0.6) is 0 Å². The van der Waals surface area contributed by atoms with Crippen LogP contribution in [0.1, 0.15) is 66.2 Å². The monoisotopic (exact) mass is 280 g/mol. The van der Waals surface area contributed by atoms with E-state index in [1.54, 1.807) is 0 Å². The summed E-state index contributed by atoms with van der Waals surface area (Å²) in [6.07, 6.45) is 8.79. The van der Waals surface area contributed by atoms with Gasteiger partial charge in [-0.1, -0.05) is 12.8 Å². The van der Waals surface area contributed by atoms with Crippen molar-refractivity contribution in [3.8, 4) is 0 Å². The summed E-state index contributed by atoms with van der Waals surface area (Å²) < 4.78 is 0. The zero-order valence-corrected chi connectivity index (χ0v) is 14.3. The largest absolute Gasteiger partial charge is 0.301 e. The Balaban J connectivity index is 1.60. The third-order valence-corrected chi connectivity index (χ3v) is 5.74. The highest BCUT2D eigenvalue weighted by Gasteiger charge is 2.24. The van der Waals surface area contributed by atoms with Gasteiger partial charge in [0.2, 0.25) is 0 Å². The molecule has 20 heavy (non-hydrogen) atoms. The Labute approximate surface area is 126 Å². The summed E-state index contributed by atoms with van der Waals surface area (Å²) in [7, 11) is 0. The molecule has 0 bridgehead atoms. The minimum atomic E-state index is 0.747. The van der Waals surface area contributed by atoms with Crippen molar-refractivity contribution in [2.75, 3.05) is 26.2 Å². The summed E-state index contributed by atoms with van der Waals surface area (Å²) in [5.41, 5.74) is 0. The van der Waals surface area contributed by atoms with Gasteiger partial charge >= 0.3 is 0 Å². The summed E-state index contributed by atoms with van der Waals surface area (Å²) in [4.78, 5) is 5.30. The van der Waals surface area contributed by atoms with Gasteiger partial charge in [0.1, 0.15) is 0 Å². The number of rotatable bonds is 5. The lowest BCUT2D eigenvalue weighted by molar-refractivity contribution is 0.124. The molecule has 2 rings (SSSR count). The lowest BCUT2D eigenvalue weighted by Crippen LogP contribution is -2.39. The van der Waals surface area contributed by atoms with Crippen LogP contribution < -0.4 is 0 Å². The Morgan fingerprint density at radius 1 is 0.650 bits per heavy atom. The predicted octanol–water partition coefficient (Wildman–Crippen LogP) is 4.01. The lowest BCUT2D eigenvalue weighted by Gasteiger charge is -2.37. The minimum absolute atomic E-state index is 0.747. The first-order chi connectivity index (χ1) is 9.56. The first-order valence-electron chi connectivity index (χ1n) is 9.04. The van der Waals surface area contributed by atoms with Crippen molar-refractivity contribution < 1.29 is 0 Å². The first-order valence-corrected chi connectivity index (χ1v) is 9.04. The SMILES string of the molecule is CC(C)N1CCC(CCC2CCN(C(C)C)CC2)CC1. The highest BCUT2D eigenvalue weighted by molar-refractivity contribution is 4.78. The van der Waals surface area contributed by atoms with Crippen LogP contribution in [-0.2, 0) is 0 Å². The van der Waals surface area contributed by atoms with Gasteiger partial charge in [-0.25, -0.2) is 0 Å². The van der Waals surface area contributed by atoms with Crippen LogP contribution in [0, 0.1) is 11.8 Å². The predicted molar refractivity (Wildman–Crippen MR) is 88.1 cm³/mol. The average molecular weight is 281 g/mol.